The van der Waals surface area contributed by atoms with Crippen molar-refractivity contribution in [3.63, 3.8) is 0 Å². The van der Waals surface area contributed by atoms with Gasteiger partial charge in [-0.1, -0.05) is 24.3 Å². The molecule has 1 N–H and O–H groups in total. The molecule has 1 aliphatic carbocycles. The summed E-state index contributed by atoms with van der Waals surface area (Å²) in [5, 5.41) is 0. The maximum Gasteiger partial charge on any atom is 0.242 e. The quantitative estimate of drug-likeness (QED) is 0.746. The lowest BCUT2D eigenvalue weighted by molar-refractivity contribution is -0.116. The van der Waals surface area contributed by atoms with E-state index >= 15 is 0 Å². The molecule has 2 aromatic rings. The van der Waals surface area contributed by atoms with Gasteiger partial charge in [-0.3, -0.25) is 4.79 Å². The second kappa shape index (κ2) is 7.28. The van der Waals surface area contributed by atoms with Crippen LogP contribution >= 0.6 is 15.9 Å². The maximum atomic E-state index is 13.2. The summed E-state index contributed by atoms with van der Waals surface area (Å²) in [7, 11) is -3.76. The summed E-state index contributed by atoms with van der Waals surface area (Å²) in [6, 6.07) is 11.2. The molecule has 1 amide bonds. The highest BCUT2D eigenvalue weighted by atomic mass is 79.9. The van der Waals surface area contributed by atoms with Crippen LogP contribution in [0.4, 0.5) is 5.69 Å². The Labute approximate surface area is 174 Å². The summed E-state index contributed by atoms with van der Waals surface area (Å²) in [4.78, 5) is 13.9. The van der Waals surface area contributed by atoms with Crippen LogP contribution in [-0.4, -0.2) is 20.4 Å². The summed E-state index contributed by atoms with van der Waals surface area (Å²) in [5.74, 6) is -0.0777. The first-order chi connectivity index (χ1) is 13.3. The second-order valence-corrected chi connectivity index (χ2v) is 10.2. The van der Waals surface area contributed by atoms with E-state index in [9.17, 15) is 13.2 Å². The van der Waals surface area contributed by atoms with Crippen LogP contribution in [-0.2, 0) is 27.7 Å². The molecule has 0 aromatic heterocycles. The molecule has 7 heteroatoms. The van der Waals surface area contributed by atoms with Crippen LogP contribution in [0.15, 0.2) is 45.8 Å². The number of carbonyl (C=O) groups is 1. The summed E-state index contributed by atoms with van der Waals surface area (Å²) >= 11 is 3.44. The first-order valence-electron chi connectivity index (χ1n) is 9.50. The van der Waals surface area contributed by atoms with Crippen molar-refractivity contribution < 1.29 is 13.2 Å². The summed E-state index contributed by atoms with van der Waals surface area (Å²) in [6.07, 6.45) is 3.42. The van der Waals surface area contributed by atoms with Crippen molar-refractivity contribution in [3.05, 3.63) is 57.6 Å². The van der Waals surface area contributed by atoms with Gasteiger partial charge in [-0.05, 0) is 77.4 Å². The van der Waals surface area contributed by atoms with E-state index in [0.717, 1.165) is 36.8 Å². The van der Waals surface area contributed by atoms with Gasteiger partial charge in [-0.15, -0.1) is 0 Å². The van der Waals surface area contributed by atoms with E-state index in [1.807, 2.05) is 31.2 Å². The second-order valence-electron chi connectivity index (χ2n) is 7.62. The predicted octanol–water partition coefficient (Wildman–Crippen LogP) is 4.10. The third-order valence-electron chi connectivity index (χ3n) is 5.64. The van der Waals surface area contributed by atoms with Crippen LogP contribution in [0.2, 0.25) is 0 Å². The largest absolute Gasteiger partial charge is 0.309 e. The van der Waals surface area contributed by atoms with E-state index in [0.29, 0.717) is 10.2 Å². The molecule has 4 rings (SSSR count). The lowest BCUT2D eigenvalue weighted by Gasteiger charge is -2.26. The van der Waals surface area contributed by atoms with Crippen molar-refractivity contribution in [2.24, 2.45) is 0 Å². The van der Waals surface area contributed by atoms with Crippen LogP contribution in [0.1, 0.15) is 49.4 Å². The standard InChI is InChI=1S/C21H23BrN2O3S/c1-13-10-16-11-18(22)21(12-20(16)24(13)14(2)25)28(26,27)23-19-9-5-7-15-6-3-4-8-17(15)19/h3-4,6,8,11-13,19,23H,5,7,9-10H2,1-2H3. The Bertz CT molecular complexity index is 1050. The van der Waals surface area contributed by atoms with Gasteiger partial charge in [0.05, 0.1) is 4.90 Å². The molecule has 2 atom stereocenters. The number of anilines is 1. The van der Waals surface area contributed by atoms with E-state index in [1.165, 1.54) is 12.5 Å². The lowest BCUT2D eigenvalue weighted by Crippen LogP contribution is -2.34. The van der Waals surface area contributed by atoms with Gasteiger partial charge in [0, 0.05) is 29.2 Å². The number of amides is 1. The molecule has 148 valence electrons. The highest BCUT2D eigenvalue weighted by Gasteiger charge is 2.33. The number of aryl methyl sites for hydroxylation is 1. The fourth-order valence-corrected chi connectivity index (χ4v) is 6.79. The molecule has 0 saturated heterocycles. The molecule has 5 nitrogen and oxygen atoms in total. The number of hydrogen-bond acceptors (Lipinski definition) is 3. The lowest BCUT2D eigenvalue weighted by atomic mass is 9.88. The summed E-state index contributed by atoms with van der Waals surface area (Å²) in [5.41, 5.74) is 3.92. The Morgan fingerprint density at radius 3 is 2.71 bits per heavy atom. The number of nitrogens with one attached hydrogen (secondary N) is 1. The van der Waals surface area contributed by atoms with E-state index in [-0.39, 0.29) is 22.9 Å². The highest BCUT2D eigenvalue weighted by molar-refractivity contribution is 9.10. The first kappa shape index (κ1) is 19.6. The average molecular weight is 463 g/mol. The number of rotatable bonds is 3. The highest BCUT2D eigenvalue weighted by Crippen LogP contribution is 2.39. The number of sulfonamides is 1. The van der Waals surface area contributed by atoms with Gasteiger partial charge >= 0.3 is 0 Å². The molecule has 2 unspecified atom stereocenters. The predicted molar refractivity (Wildman–Crippen MR) is 113 cm³/mol. The molecule has 1 aliphatic heterocycles. The average Bonchev–Trinajstić information content (AvgIpc) is 2.95. The number of fused-ring (bicyclic) bond motifs is 2. The smallest absolute Gasteiger partial charge is 0.242 e. The topological polar surface area (TPSA) is 66.5 Å². The van der Waals surface area contributed by atoms with Crippen molar-refractivity contribution in [2.75, 3.05) is 4.90 Å². The molecule has 0 radical (unpaired) electrons. The molecule has 1 heterocycles. The fraction of sp³-hybridized carbons (Fsp3) is 0.381. The number of carbonyl (C=O) groups excluding carboxylic acids is 1. The Balaban J connectivity index is 1.71. The van der Waals surface area contributed by atoms with Gasteiger partial charge < -0.3 is 4.90 Å². The minimum Gasteiger partial charge on any atom is -0.309 e. The number of nitrogens with zero attached hydrogens (tertiary/aromatic N) is 1. The van der Waals surface area contributed by atoms with Gasteiger partial charge in [-0.2, -0.15) is 0 Å². The molecular weight excluding hydrogens is 440 g/mol. The van der Waals surface area contributed by atoms with Crippen LogP contribution in [0, 0.1) is 0 Å². The normalized spacial score (nSPS) is 21.3. The van der Waals surface area contributed by atoms with E-state index in [4.69, 9.17) is 0 Å². The molecule has 0 fully saturated rings. The monoisotopic (exact) mass is 462 g/mol. The van der Waals surface area contributed by atoms with Crippen LogP contribution < -0.4 is 9.62 Å². The van der Waals surface area contributed by atoms with Crippen molar-refractivity contribution in [1.82, 2.24) is 4.72 Å². The van der Waals surface area contributed by atoms with E-state index in [2.05, 4.69) is 26.7 Å². The third-order valence-corrected chi connectivity index (χ3v) is 8.07. The van der Waals surface area contributed by atoms with Crippen molar-refractivity contribution >= 4 is 37.5 Å². The number of benzene rings is 2. The summed E-state index contributed by atoms with van der Waals surface area (Å²) < 4.78 is 29.9. The van der Waals surface area contributed by atoms with Gasteiger partial charge in [0.25, 0.3) is 0 Å². The fourth-order valence-electron chi connectivity index (χ4n) is 4.43. The minimum atomic E-state index is -3.76. The molecule has 0 saturated carbocycles. The van der Waals surface area contributed by atoms with Crippen LogP contribution in [0.5, 0.6) is 0 Å². The zero-order valence-electron chi connectivity index (χ0n) is 15.9. The van der Waals surface area contributed by atoms with Crippen LogP contribution in [0.3, 0.4) is 0 Å². The van der Waals surface area contributed by atoms with Gasteiger partial charge in [-0.25, -0.2) is 13.1 Å². The van der Waals surface area contributed by atoms with Gasteiger partial charge in [0.15, 0.2) is 0 Å². The van der Waals surface area contributed by atoms with Crippen LogP contribution in [0.25, 0.3) is 0 Å². The zero-order chi connectivity index (χ0) is 20.1. The van der Waals surface area contributed by atoms with Crippen molar-refractivity contribution in [3.8, 4) is 0 Å². The Kier molecular flexibility index (Phi) is 5.10. The Morgan fingerprint density at radius 1 is 1.21 bits per heavy atom. The van der Waals surface area contributed by atoms with E-state index in [1.54, 1.807) is 11.0 Å². The SMILES string of the molecule is CC(=O)N1c2cc(S(=O)(=O)NC3CCCc4ccccc43)c(Br)cc2CC1C. The molecule has 2 aromatic carbocycles. The third kappa shape index (κ3) is 3.40. The zero-order valence-corrected chi connectivity index (χ0v) is 18.3. The van der Waals surface area contributed by atoms with Gasteiger partial charge in [0.1, 0.15) is 0 Å². The minimum absolute atomic E-state index is 0.0236. The molecule has 0 spiro atoms. The molecule has 0 bridgehead atoms. The van der Waals surface area contributed by atoms with Gasteiger partial charge in [0.2, 0.25) is 15.9 Å². The molecule has 2 aliphatic rings. The van der Waals surface area contributed by atoms with Crippen molar-refractivity contribution in [2.45, 2.75) is 56.5 Å². The number of hydrogen-bond donors (Lipinski definition) is 1. The molecule has 28 heavy (non-hydrogen) atoms. The number of halogens is 1. The Hall–Kier alpha value is -1.70. The summed E-state index contributed by atoms with van der Waals surface area (Å²) in [6.45, 7) is 3.49. The molecular formula is C21H23BrN2O3S. The maximum absolute atomic E-state index is 13.2. The van der Waals surface area contributed by atoms with E-state index < -0.39 is 10.0 Å². The first-order valence-corrected chi connectivity index (χ1v) is 11.8. The van der Waals surface area contributed by atoms with Crippen molar-refractivity contribution in [1.29, 1.82) is 0 Å². The Morgan fingerprint density at radius 2 is 1.96 bits per heavy atom.